The SMILES string of the molecule is N#Cc1c(COC(=O)CC2CC(c3ccccc3)=NO2)no[n+]1[O-]. The molecule has 0 saturated heterocycles. The fourth-order valence-electron chi connectivity index (χ4n) is 2.21. The number of hydrogen-bond donors (Lipinski definition) is 0. The van der Waals surface area contributed by atoms with Crippen LogP contribution in [-0.4, -0.2) is 22.9 Å². The van der Waals surface area contributed by atoms with Crippen LogP contribution in [0.25, 0.3) is 0 Å². The summed E-state index contributed by atoms with van der Waals surface area (Å²) in [5.41, 5.74) is 1.34. The van der Waals surface area contributed by atoms with Gasteiger partial charge in [0.25, 0.3) is 5.69 Å². The molecular formula is C15H12N4O5. The molecule has 1 unspecified atom stereocenters. The number of nitrogens with zero attached hydrogens (tertiary/aromatic N) is 4. The third-order valence-electron chi connectivity index (χ3n) is 3.39. The van der Waals surface area contributed by atoms with Gasteiger partial charge in [0.15, 0.2) is 12.7 Å². The summed E-state index contributed by atoms with van der Waals surface area (Å²) in [6.07, 6.45) is 0.0780. The van der Waals surface area contributed by atoms with E-state index >= 15 is 0 Å². The molecule has 24 heavy (non-hydrogen) atoms. The van der Waals surface area contributed by atoms with E-state index in [1.807, 2.05) is 30.3 Å². The van der Waals surface area contributed by atoms with E-state index in [1.165, 1.54) is 0 Å². The summed E-state index contributed by atoms with van der Waals surface area (Å²) < 4.78 is 9.26. The van der Waals surface area contributed by atoms with Gasteiger partial charge >= 0.3 is 11.7 Å². The highest BCUT2D eigenvalue weighted by Gasteiger charge is 2.26. The van der Waals surface area contributed by atoms with Crippen LogP contribution in [0.1, 0.15) is 29.8 Å². The van der Waals surface area contributed by atoms with Gasteiger partial charge in [-0.05, 0) is 10.5 Å². The molecule has 2 aromatic rings. The van der Waals surface area contributed by atoms with Crippen molar-refractivity contribution in [3.63, 3.8) is 0 Å². The standard InChI is InChI=1S/C15H12N4O5/c16-8-14-13(18-24-19(14)21)9-22-15(20)7-11-6-12(17-23-11)10-4-2-1-3-5-10/h1-5,11H,6-7,9H2. The van der Waals surface area contributed by atoms with Crippen LogP contribution < -0.4 is 4.90 Å². The minimum absolute atomic E-state index is 0.00303. The van der Waals surface area contributed by atoms with Crippen LogP contribution >= 0.6 is 0 Å². The highest BCUT2D eigenvalue weighted by atomic mass is 16.8. The number of esters is 1. The lowest BCUT2D eigenvalue weighted by atomic mass is 10.0. The second-order valence-corrected chi connectivity index (χ2v) is 5.04. The highest BCUT2D eigenvalue weighted by molar-refractivity contribution is 6.01. The average Bonchev–Trinajstić information content (AvgIpc) is 3.20. The fraction of sp³-hybridized carbons (Fsp3) is 0.267. The van der Waals surface area contributed by atoms with E-state index < -0.39 is 12.1 Å². The van der Waals surface area contributed by atoms with E-state index in [0.29, 0.717) is 6.42 Å². The predicted molar refractivity (Wildman–Crippen MR) is 77.1 cm³/mol. The quantitative estimate of drug-likeness (QED) is 0.587. The molecule has 0 spiro atoms. The van der Waals surface area contributed by atoms with E-state index in [9.17, 15) is 10.0 Å². The Kier molecular flexibility index (Phi) is 4.38. The number of nitriles is 1. The molecule has 1 aromatic heterocycles. The van der Waals surface area contributed by atoms with Crippen LogP contribution in [0.3, 0.4) is 0 Å². The summed E-state index contributed by atoms with van der Waals surface area (Å²) in [5.74, 6) is -0.547. The number of carbonyl (C=O) groups is 1. The highest BCUT2D eigenvalue weighted by Crippen LogP contribution is 2.19. The number of hydrogen-bond acceptors (Lipinski definition) is 8. The maximum Gasteiger partial charge on any atom is 0.310 e. The summed E-state index contributed by atoms with van der Waals surface area (Å²) in [6, 6.07) is 11.1. The molecule has 122 valence electrons. The number of aromatic nitrogens is 2. The number of ether oxygens (including phenoxy) is 1. The topological polar surface area (TPSA) is 125 Å². The molecule has 2 heterocycles. The largest absolute Gasteiger partial charge is 0.456 e. The molecule has 1 aliphatic rings. The fourth-order valence-corrected chi connectivity index (χ4v) is 2.21. The van der Waals surface area contributed by atoms with Gasteiger partial charge in [-0.3, -0.25) is 9.42 Å². The van der Waals surface area contributed by atoms with Crippen molar-refractivity contribution in [1.29, 1.82) is 5.26 Å². The van der Waals surface area contributed by atoms with Crippen molar-refractivity contribution >= 4 is 11.7 Å². The van der Waals surface area contributed by atoms with Crippen LogP contribution in [-0.2, 0) is 21.0 Å². The number of rotatable bonds is 5. The molecule has 0 N–H and O–H groups in total. The molecule has 0 fully saturated rings. The normalized spacial score (nSPS) is 16.1. The van der Waals surface area contributed by atoms with Crippen molar-refractivity contribution in [2.24, 2.45) is 5.16 Å². The van der Waals surface area contributed by atoms with Crippen LogP contribution in [0.15, 0.2) is 40.1 Å². The van der Waals surface area contributed by atoms with Crippen LogP contribution in [0.5, 0.6) is 0 Å². The van der Waals surface area contributed by atoms with Gasteiger partial charge in [0, 0.05) is 11.6 Å². The summed E-state index contributed by atoms with van der Waals surface area (Å²) in [4.78, 5) is 17.0. The van der Waals surface area contributed by atoms with Gasteiger partial charge in [-0.15, -0.1) is 0 Å². The number of benzene rings is 1. The molecule has 9 nitrogen and oxygen atoms in total. The molecular weight excluding hydrogens is 316 g/mol. The minimum Gasteiger partial charge on any atom is -0.456 e. The zero-order valence-corrected chi connectivity index (χ0v) is 12.4. The molecule has 0 radical (unpaired) electrons. The molecule has 0 aliphatic carbocycles. The lowest BCUT2D eigenvalue weighted by Crippen LogP contribution is -2.27. The Bertz CT molecular complexity index is 809. The van der Waals surface area contributed by atoms with E-state index in [4.69, 9.17) is 14.8 Å². The Morgan fingerprint density at radius 1 is 1.46 bits per heavy atom. The van der Waals surface area contributed by atoms with Crippen molar-refractivity contribution in [3.05, 3.63) is 52.5 Å². The summed E-state index contributed by atoms with van der Waals surface area (Å²) in [6.45, 7) is -0.320. The van der Waals surface area contributed by atoms with Crippen molar-refractivity contribution in [2.45, 2.75) is 25.6 Å². The maximum atomic E-state index is 11.8. The zero-order chi connectivity index (χ0) is 16.9. The molecule has 1 aromatic carbocycles. The van der Waals surface area contributed by atoms with Gasteiger partial charge < -0.3 is 14.8 Å². The smallest absolute Gasteiger partial charge is 0.310 e. The first-order chi connectivity index (χ1) is 11.7. The Hall–Kier alpha value is -3.41. The van der Waals surface area contributed by atoms with E-state index in [1.54, 1.807) is 6.07 Å². The van der Waals surface area contributed by atoms with E-state index in [-0.39, 0.29) is 29.3 Å². The van der Waals surface area contributed by atoms with Gasteiger partial charge in [-0.25, -0.2) is 0 Å². The average molecular weight is 328 g/mol. The Balaban J connectivity index is 1.49. The van der Waals surface area contributed by atoms with E-state index in [2.05, 4.69) is 14.9 Å². The summed E-state index contributed by atoms with van der Waals surface area (Å²) in [5, 5.41) is 27.2. The van der Waals surface area contributed by atoms with Crippen LogP contribution in [0.2, 0.25) is 0 Å². The van der Waals surface area contributed by atoms with Crippen molar-refractivity contribution in [2.75, 3.05) is 0 Å². The summed E-state index contributed by atoms with van der Waals surface area (Å²) >= 11 is 0. The van der Waals surface area contributed by atoms with Gasteiger partial charge in [-0.2, -0.15) is 5.26 Å². The second-order valence-electron chi connectivity index (χ2n) is 5.04. The molecule has 0 bridgehead atoms. The first-order valence-electron chi connectivity index (χ1n) is 7.10. The van der Waals surface area contributed by atoms with Crippen LogP contribution in [0, 0.1) is 16.5 Å². The second kappa shape index (κ2) is 6.78. The minimum atomic E-state index is -0.547. The van der Waals surface area contributed by atoms with Gasteiger partial charge in [-0.1, -0.05) is 35.5 Å². The molecule has 0 saturated carbocycles. The van der Waals surface area contributed by atoms with Crippen molar-refractivity contribution in [1.82, 2.24) is 5.16 Å². The van der Waals surface area contributed by atoms with Gasteiger partial charge in [0.2, 0.25) is 0 Å². The Morgan fingerprint density at radius 3 is 3.00 bits per heavy atom. The zero-order valence-electron chi connectivity index (χ0n) is 12.4. The van der Waals surface area contributed by atoms with Gasteiger partial charge in [0.05, 0.1) is 12.1 Å². The van der Waals surface area contributed by atoms with Crippen molar-refractivity contribution in [3.8, 4) is 6.07 Å². The third-order valence-corrected chi connectivity index (χ3v) is 3.39. The maximum absolute atomic E-state index is 11.8. The molecule has 1 aliphatic heterocycles. The molecule has 1 atom stereocenters. The first kappa shape index (κ1) is 15.5. The lowest BCUT2D eigenvalue weighted by Gasteiger charge is -2.06. The Labute approximate surface area is 136 Å². The van der Waals surface area contributed by atoms with Crippen LogP contribution in [0.4, 0.5) is 0 Å². The van der Waals surface area contributed by atoms with Crippen molar-refractivity contribution < 1.29 is 23.9 Å². The summed E-state index contributed by atoms with van der Waals surface area (Å²) in [7, 11) is 0. The van der Waals surface area contributed by atoms with E-state index in [0.717, 1.165) is 11.3 Å². The Morgan fingerprint density at radius 2 is 2.25 bits per heavy atom. The molecule has 3 rings (SSSR count). The molecule has 0 amide bonds. The van der Waals surface area contributed by atoms with Gasteiger partial charge in [0.1, 0.15) is 6.10 Å². The third kappa shape index (κ3) is 3.33. The predicted octanol–water partition coefficient (Wildman–Crippen LogP) is 0.806. The molecule has 9 heteroatoms. The number of carbonyl (C=O) groups excluding carboxylic acids is 1. The first-order valence-corrected chi connectivity index (χ1v) is 7.10. The monoisotopic (exact) mass is 328 g/mol. The number of oxime groups is 1. The lowest BCUT2D eigenvalue weighted by molar-refractivity contribution is -0.804.